The second-order valence-corrected chi connectivity index (χ2v) is 10.2. The van der Waals surface area contributed by atoms with E-state index in [4.69, 9.17) is 9.47 Å². The molecule has 2 aromatic carbocycles. The number of hydrogen-bond donors (Lipinski definition) is 0. The fraction of sp³-hybridized carbons (Fsp3) is 0.250. The van der Waals surface area contributed by atoms with Crippen LogP contribution in [0.25, 0.3) is 11.1 Å². The topological polar surface area (TPSA) is 114 Å². The molecule has 0 atom stereocenters. The fourth-order valence-corrected chi connectivity index (χ4v) is 5.92. The van der Waals surface area contributed by atoms with E-state index >= 15 is 0 Å². The van der Waals surface area contributed by atoms with Crippen molar-refractivity contribution in [3.63, 3.8) is 0 Å². The van der Waals surface area contributed by atoms with Gasteiger partial charge in [-0.15, -0.1) is 0 Å². The predicted molar refractivity (Wildman–Crippen MR) is 144 cm³/mol. The minimum atomic E-state index is -0.782. The van der Waals surface area contributed by atoms with Crippen LogP contribution in [0, 0.1) is 56.2 Å². The summed E-state index contributed by atoms with van der Waals surface area (Å²) in [4.78, 5) is 0. The maximum atomic E-state index is 10.1. The lowest BCUT2D eigenvalue weighted by molar-refractivity contribution is 0.414. The third-order valence-electron chi connectivity index (χ3n) is 7.45. The van der Waals surface area contributed by atoms with Gasteiger partial charge < -0.3 is 9.47 Å². The van der Waals surface area contributed by atoms with Gasteiger partial charge in [0.05, 0.1) is 14.2 Å². The third-order valence-corrected chi connectivity index (χ3v) is 7.45. The predicted octanol–water partition coefficient (Wildman–Crippen LogP) is 6.68. The van der Waals surface area contributed by atoms with Crippen LogP contribution in [0.1, 0.15) is 38.8 Å². The zero-order chi connectivity index (χ0) is 27.8. The maximum Gasteiger partial charge on any atom is 0.134 e. The molecule has 0 saturated heterocycles. The van der Waals surface area contributed by atoms with E-state index in [0.29, 0.717) is 22.6 Å². The summed E-state index contributed by atoms with van der Waals surface area (Å²) >= 11 is 0. The summed E-state index contributed by atoms with van der Waals surface area (Å²) in [5.74, 6) is 1.38. The molecule has 0 spiro atoms. The number of fused-ring (bicyclic) bond motifs is 1. The van der Waals surface area contributed by atoms with Crippen molar-refractivity contribution in [3.05, 3.63) is 93.1 Å². The van der Waals surface area contributed by atoms with E-state index in [1.807, 2.05) is 76.2 Å². The van der Waals surface area contributed by atoms with E-state index in [9.17, 15) is 21.0 Å². The average Bonchev–Trinajstić information content (AvgIpc) is 3.28. The zero-order valence-electron chi connectivity index (χ0n) is 22.2. The average molecular weight is 499 g/mol. The summed E-state index contributed by atoms with van der Waals surface area (Å²) in [6, 6.07) is 23.6. The van der Waals surface area contributed by atoms with Gasteiger partial charge in [-0.3, -0.25) is 0 Å². The fourth-order valence-electron chi connectivity index (χ4n) is 5.92. The number of allylic oxidation sites excluding steroid dienone is 8. The third kappa shape index (κ3) is 3.67. The lowest BCUT2D eigenvalue weighted by Crippen LogP contribution is -2.20. The van der Waals surface area contributed by atoms with Gasteiger partial charge in [-0.1, -0.05) is 52.0 Å². The molecule has 0 bridgehead atoms. The Morgan fingerprint density at radius 3 is 1.08 bits per heavy atom. The minimum absolute atomic E-state index is 0.00420. The van der Waals surface area contributed by atoms with Crippen LogP contribution in [0.3, 0.4) is 0 Å². The number of hydrogen-bond acceptors (Lipinski definition) is 6. The Bertz CT molecular complexity index is 1480. The van der Waals surface area contributed by atoms with Gasteiger partial charge in [0.25, 0.3) is 0 Å². The molecule has 0 radical (unpaired) electrons. The van der Waals surface area contributed by atoms with Crippen molar-refractivity contribution < 1.29 is 9.47 Å². The Hall–Kier alpha value is -5.04. The van der Waals surface area contributed by atoms with Crippen LogP contribution in [-0.4, -0.2) is 14.2 Å². The first kappa shape index (κ1) is 26.0. The highest BCUT2D eigenvalue weighted by Gasteiger charge is 2.54. The summed E-state index contributed by atoms with van der Waals surface area (Å²) in [5, 5.41) is 40.3. The molecule has 0 N–H and O–H groups in total. The first-order valence-electron chi connectivity index (χ1n) is 12.0. The minimum Gasteiger partial charge on any atom is -0.497 e. The summed E-state index contributed by atoms with van der Waals surface area (Å²) in [6.07, 6.45) is 0. The Kier molecular flexibility index (Phi) is 6.47. The molecule has 186 valence electrons. The van der Waals surface area contributed by atoms with E-state index in [1.165, 1.54) is 0 Å². The molecular weight excluding hydrogens is 472 g/mol. The number of nitriles is 4. The molecule has 0 saturated carbocycles. The second kappa shape index (κ2) is 9.44. The Balaban J connectivity index is 2.29. The molecule has 0 heterocycles. The van der Waals surface area contributed by atoms with Crippen LogP contribution in [0.5, 0.6) is 11.5 Å². The maximum absolute atomic E-state index is 10.1. The van der Waals surface area contributed by atoms with Crippen molar-refractivity contribution in [2.45, 2.75) is 27.7 Å². The zero-order valence-corrected chi connectivity index (χ0v) is 22.2. The van der Waals surface area contributed by atoms with Gasteiger partial charge in [-0.25, -0.2) is 0 Å². The van der Waals surface area contributed by atoms with Crippen molar-refractivity contribution in [3.8, 4) is 35.8 Å². The van der Waals surface area contributed by atoms with Crippen LogP contribution in [0.2, 0.25) is 0 Å². The molecule has 6 nitrogen and oxygen atoms in total. The highest BCUT2D eigenvalue weighted by atomic mass is 16.5. The first-order valence-corrected chi connectivity index (χ1v) is 12.0. The van der Waals surface area contributed by atoms with Gasteiger partial charge in [-0.05, 0) is 68.8 Å². The van der Waals surface area contributed by atoms with Gasteiger partial charge in [0.15, 0.2) is 0 Å². The lowest BCUT2D eigenvalue weighted by atomic mass is 9.70. The number of rotatable bonds is 4. The van der Waals surface area contributed by atoms with Gasteiger partial charge in [-0.2, -0.15) is 21.0 Å². The smallest absolute Gasteiger partial charge is 0.134 e. The van der Waals surface area contributed by atoms with Crippen molar-refractivity contribution >= 4 is 11.1 Å². The summed E-state index contributed by atoms with van der Waals surface area (Å²) in [6.45, 7) is 7.90. The van der Waals surface area contributed by atoms with Crippen molar-refractivity contribution in [1.82, 2.24) is 0 Å². The van der Waals surface area contributed by atoms with Crippen LogP contribution in [-0.2, 0) is 0 Å². The van der Waals surface area contributed by atoms with E-state index in [1.54, 1.807) is 14.2 Å². The van der Waals surface area contributed by atoms with E-state index < -0.39 is 10.8 Å². The molecule has 0 aromatic heterocycles. The number of ether oxygens (including phenoxy) is 2. The molecule has 6 heteroatoms. The van der Waals surface area contributed by atoms with Crippen molar-refractivity contribution in [2.24, 2.45) is 10.8 Å². The van der Waals surface area contributed by atoms with Crippen molar-refractivity contribution in [1.29, 1.82) is 21.0 Å². The van der Waals surface area contributed by atoms with E-state index in [2.05, 4.69) is 24.3 Å². The van der Waals surface area contributed by atoms with E-state index in [-0.39, 0.29) is 11.1 Å². The van der Waals surface area contributed by atoms with Crippen LogP contribution in [0.15, 0.2) is 82.0 Å². The second-order valence-electron chi connectivity index (χ2n) is 10.2. The number of benzene rings is 2. The Labute approximate surface area is 223 Å². The Morgan fingerprint density at radius 1 is 0.553 bits per heavy atom. The molecular formula is C32H26N4O2. The lowest BCUT2D eigenvalue weighted by Gasteiger charge is -2.31. The molecule has 2 aromatic rings. The molecule has 0 fully saturated rings. The molecule has 38 heavy (non-hydrogen) atoms. The summed E-state index contributed by atoms with van der Waals surface area (Å²) in [5.41, 5.74) is 4.49. The van der Waals surface area contributed by atoms with Crippen LogP contribution in [0.4, 0.5) is 0 Å². The quantitative estimate of drug-likeness (QED) is 0.435. The molecule has 4 rings (SSSR count). The molecule has 0 aliphatic heterocycles. The van der Waals surface area contributed by atoms with Crippen LogP contribution < -0.4 is 9.47 Å². The summed E-state index contributed by atoms with van der Waals surface area (Å²) in [7, 11) is 3.19. The first-order chi connectivity index (χ1) is 18.1. The van der Waals surface area contributed by atoms with Gasteiger partial charge in [0.1, 0.15) is 46.9 Å². The van der Waals surface area contributed by atoms with Crippen LogP contribution >= 0.6 is 0 Å². The largest absolute Gasteiger partial charge is 0.497 e. The van der Waals surface area contributed by atoms with Crippen molar-refractivity contribution in [2.75, 3.05) is 14.2 Å². The van der Waals surface area contributed by atoms with Gasteiger partial charge in [0, 0.05) is 10.8 Å². The SMILES string of the molecule is COc1ccc(C2=C3C(=C(c4ccc(OC)cc4)C(C)(C)C3=C(C#N)C#N)C(=C(C#N)C#N)C2(C)C)cc1. The number of nitrogens with zero attached hydrogens (tertiary/aromatic N) is 4. The highest BCUT2D eigenvalue weighted by Crippen LogP contribution is 2.68. The Morgan fingerprint density at radius 2 is 0.842 bits per heavy atom. The van der Waals surface area contributed by atoms with E-state index in [0.717, 1.165) is 33.4 Å². The molecule has 0 unspecified atom stereocenters. The normalized spacial score (nSPS) is 16.7. The molecule has 2 aliphatic carbocycles. The standard InChI is InChI=1S/C32H26N4O2/c1-31(2)27(19-7-11-23(37-5)12-8-19)25-26(29(31)21(15-33)16-34)28(20-9-13-24(38-6)14-10-20)32(3,4)30(25)22(17-35)18-36/h7-14H,1-6H3. The summed E-state index contributed by atoms with van der Waals surface area (Å²) < 4.78 is 10.7. The van der Waals surface area contributed by atoms with Gasteiger partial charge in [0.2, 0.25) is 0 Å². The highest BCUT2D eigenvalue weighted by molar-refractivity contribution is 6.04. The number of methoxy groups -OCH3 is 2. The molecule has 2 aliphatic rings. The monoisotopic (exact) mass is 498 g/mol. The van der Waals surface area contributed by atoms with Gasteiger partial charge >= 0.3 is 0 Å². The molecule has 0 amide bonds.